The van der Waals surface area contributed by atoms with Crippen molar-refractivity contribution >= 4 is 5.95 Å². The van der Waals surface area contributed by atoms with Crippen molar-refractivity contribution in [2.75, 3.05) is 24.6 Å². The number of hydroxylamine groups is 1. The number of hydrogen-bond acceptors (Lipinski definition) is 6. The second-order valence-corrected chi connectivity index (χ2v) is 5.40. The number of fused-ring (bicyclic) bond motifs is 1. The highest BCUT2D eigenvalue weighted by molar-refractivity contribution is 5.39. The normalized spacial score (nSPS) is 27.9. The largest absolute Gasteiger partial charge is 0.338 e. The second kappa shape index (κ2) is 4.71. The summed E-state index contributed by atoms with van der Waals surface area (Å²) in [5.74, 6) is 0.382. The number of nitrogens with zero attached hydrogens (tertiary/aromatic N) is 4. The molecule has 7 heteroatoms. The van der Waals surface area contributed by atoms with E-state index in [4.69, 9.17) is 4.84 Å². The first kappa shape index (κ1) is 12.6. The Balaban J connectivity index is 1.67. The number of aromatic nitrogens is 3. The van der Waals surface area contributed by atoms with Crippen LogP contribution in [-0.2, 0) is 10.4 Å². The summed E-state index contributed by atoms with van der Waals surface area (Å²) in [5, 5.41) is 0. The van der Waals surface area contributed by atoms with E-state index in [2.05, 4.69) is 20.4 Å². The highest BCUT2D eigenvalue weighted by atomic mass is 19.1. The Bertz CT molecular complexity index is 638. The minimum Gasteiger partial charge on any atom is -0.338 e. The topological polar surface area (TPSA) is 63.2 Å². The maximum absolute atomic E-state index is 13.0. The molecule has 0 aliphatic carbocycles. The maximum atomic E-state index is 13.0. The quantitative estimate of drug-likeness (QED) is 0.884. The zero-order valence-corrected chi connectivity index (χ0v) is 11.2. The molecular formula is C14H14FN5O. The molecule has 0 radical (unpaired) electrons. The lowest BCUT2D eigenvalue weighted by Crippen LogP contribution is -2.43. The molecule has 108 valence electrons. The lowest BCUT2D eigenvalue weighted by molar-refractivity contribution is 0.0615. The molecule has 1 N–H and O–H groups in total. The SMILES string of the molecule is Fc1cnc(N2CC3CONC3(c3cccnc3)C2)nc1. The van der Waals surface area contributed by atoms with Crippen LogP contribution in [0.3, 0.4) is 0 Å². The smallest absolute Gasteiger partial charge is 0.225 e. The van der Waals surface area contributed by atoms with E-state index in [-0.39, 0.29) is 11.5 Å². The molecule has 0 amide bonds. The van der Waals surface area contributed by atoms with Gasteiger partial charge in [0.2, 0.25) is 5.95 Å². The van der Waals surface area contributed by atoms with E-state index >= 15 is 0 Å². The summed E-state index contributed by atoms with van der Waals surface area (Å²) in [6.45, 7) is 2.04. The molecule has 2 saturated heterocycles. The van der Waals surface area contributed by atoms with Crippen molar-refractivity contribution in [3.63, 3.8) is 0 Å². The molecule has 2 fully saturated rings. The van der Waals surface area contributed by atoms with Crippen molar-refractivity contribution in [3.05, 3.63) is 48.3 Å². The molecule has 2 aromatic rings. The summed E-state index contributed by atoms with van der Waals surface area (Å²) in [6, 6.07) is 3.95. The number of halogens is 1. The zero-order valence-electron chi connectivity index (χ0n) is 11.2. The van der Waals surface area contributed by atoms with Gasteiger partial charge in [0.1, 0.15) is 0 Å². The summed E-state index contributed by atoms with van der Waals surface area (Å²) in [5.41, 5.74) is 3.92. The van der Waals surface area contributed by atoms with Gasteiger partial charge in [0.15, 0.2) is 5.82 Å². The lowest BCUT2D eigenvalue weighted by atomic mass is 9.83. The van der Waals surface area contributed by atoms with E-state index in [9.17, 15) is 4.39 Å². The average Bonchev–Trinajstić information content (AvgIpc) is 3.07. The molecule has 2 unspecified atom stereocenters. The Kier molecular flexibility index (Phi) is 2.83. The standard InChI is InChI=1S/C14H14FN5O/c15-12-5-17-13(18-6-12)20-7-11-8-21-19-14(11,9-20)10-2-1-3-16-4-10/h1-6,11,19H,7-9H2. The predicted molar refractivity (Wildman–Crippen MR) is 72.7 cm³/mol. The van der Waals surface area contributed by atoms with Crippen molar-refractivity contribution < 1.29 is 9.23 Å². The van der Waals surface area contributed by atoms with Crippen molar-refractivity contribution in [1.29, 1.82) is 0 Å². The third kappa shape index (κ3) is 1.97. The molecular weight excluding hydrogens is 273 g/mol. The molecule has 2 aliphatic heterocycles. The summed E-state index contributed by atoms with van der Waals surface area (Å²) >= 11 is 0. The fraction of sp³-hybridized carbons (Fsp3) is 0.357. The van der Waals surface area contributed by atoms with E-state index in [0.29, 0.717) is 19.1 Å². The second-order valence-electron chi connectivity index (χ2n) is 5.40. The van der Waals surface area contributed by atoms with Gasteiger partial charge in [0, 0.05) is 31.4 Å². The van der Waals surface area contributed by atoms with E-state index in [1.165, 1.54) is 12.4 Å². The fourth-order valence-electron chi connectivity index (χ4n) is 3.13. The van der Waals surface area contributed by atoms with Gasteiger partial charge in [-0.15, -0.1) is 0 Å². The van der Waals surface area contributed by atoms with Crippen LogP contribution in [0.25, 0.3) is 0 Å². The number of nitrogens with one attached hydrogen (secondary N) is 1. The molecule has 6 nitrogen and oxygen atoms in total. The lowest BCUT2D eigenvalue weighted by Gasteiger charge is -2.27. The van der Waals surface area contributed by atoms with Crippen molar-refractivity contribution in [2.45, 2.75) is 5.54 Å². The van der Waals surface area contributed by atoms with Crippen LogP contribution in [-0.4, -0.2) is 34.6 Å². The Hall–Kier alpha value is -2.12. The van der Waals surface area contributed by atoms with Crippen LogP contribution >= 0.6 is 0 Å². The van der Waals surface area contributed by atoms with Gasteiger partial charge in [-0.3, -0.25) is 4.98 Å². The van der Waals surface area contributed by atoms with Crippen LogP contribution in [0.1, 0.15) is 5.56 Å². The van der Waals surface area contributed by atoms with Crippen molar-refractivity contribution in [3.8, 4) is 0 Å². The minimum absolute atomic E-state index is 0.273. The number of rotatable bonds is 2. The first-order valence-electron chi connectivity index (χ1n) is 6.80. The Morgan fingerprint density at radius 1 is 1.33 bits per heavy atom. The average molecular weight is 287 g/mol. The monoisotopic (exact) mass is 287 g/mol. The van der Waals surface area contributed by atoms with Gasteiger partial charge in [0.05, 0.1) is 24.5 Å². The van der Waals surface area contributed by atoms with E-state index in [0.717, 1.165) is 12.1 Å². The molecule has 21 heavy (non-hydrogen) atoms. The Labute approximate surface area is 121 Å². The molecule has 2 atom stereocenters. The van der Waals surface area contributed by atoms with E-state index < -0.39 is 5.82 Å². The summed E-state index contributed by atoms with van der Waals surface area (Å²) in [7, 11) is 0. The van der Waals surface area contributed by atoms with Crippen molar-refractivity contribution in [2.24, 2.45) is 5.92 Å². The van der Waals surface area contributed by atoms with Gasteiger partial charge in [-0.2, -0.15) is 5.48 Å². The third-order valence-corrected chi connectivity index (χ3v) is 4.18. The van der Waals surface area contributed by atoms with Gasteiger partial charge in [-0.25, -0.2) is 14.4 Å². The molecule has 4 rings (SSSR count). The minimum atomic E-state index is -0.429. The number of hydrogen-bond donors (Lipinski definition) is 1. The zero-order chi connectivity index (χ0) is 14.3. The summed E-state index contributed by atoms with van der Waals surface area (Å²) in [6.07, 6.45) is 5.98. The molecule has 0 saturated carbocycles. The van der Waals surface area contributed by atoms with Crippen molar-refractivity contribution in [1.82, 2.24) is 20.4 Å². The molecule has 0 bridgehead atoms. The van der Waals surface area contributed by atoms with Gasteiger partial charge < -0.3 is 9.74 Å². The molecule has 2 aromatic heterocycles. The third-order valence-electron chi connectivity index (χ3n) is 4.18. The first-order chi connectivity index (χ1) is 10.3. The van der Waals surface area contributed by atoms with Gasteiger partial charge in [-0.1, -0.05) is 6.07 Å². The van der Waals surface area contributed by atoms with E-state index in [1.807, 2.05) is 23.2 Å². The Morgan fingerprint density at radius 3 is 2.95 bits per heavy atom. The summed E-state index contributed by atoms with van der Waals surface area (Å²) in [4.78, 5) is 19.9. The highest BCUT2D eigenvalue weighted by Crippen LogP contribution is 2.41. The highest BCUT2D eigenvalue weighted by Gasteiger charge is 2.52. The maximum Gasteiger partial charge on any atom is 0.225 e. The summed E-state index contributed by atoms with van der Waals surface area (Å²) < 4.78 is 13.0. The van der Waals surface area contributed by atoms with Crippen LogP contribution in [0.4, 0.5) is 10.3 Å². The van der Waals surface area contributed by atoms with Gasteiger partial charge in [-0.05, 0) is 11.6 Å². The predicted octanol–water partition coefficient (Wildman–Crippen LogP) is 0.877. The number of pyridine rings is 1. The fourth-order valence-corrected chi connectivity index (χ4v) is 3.13. The van der Waals surface area contributed by atoms with Gasteiger partial charge >= 0.3 is 0 Å². The van der Waals surface area contributed by atoms with Gasteiger partial charge in [0.25, 0.3) is 0 Å². The van der Waals surface area contributed by atoms with Crippen LogP contribution in [0.15, 0.2) is 36.9 Å². The van der Waals surface area contributed by atoms with Crippen LogP contribution in [0, 0.1) is 11.7 Å². The van der Waals surface area contributed by atoms with Crippen LogP contribution in [0.5, 0.6) is 0 Å². The Morgan fingerprint density at radius 2 is 2.19 bits per heavy atom. The first-order valence-corrected chi connectivity index (χ1v) is 6.80. The molecule has 0 spiro atoms. The molecule has 2 aliphatic rings. The molecule has 0 aromatic carbocycles. The van der Waals surface area contributed by atoms with Crippen LogP contribution < -0.4 is 10.4 Å². The number of anilines is 1. The molecule has 4 heterocycles. The van der Waals surface area contributed by atoms with E-state index in [1.54, 1.807) is 6.20 Å². The van der Waals surface area contributed by atoms with Crippen LogP contribution in [0.2, 0.25) is 0 Å².